The largest absolute Gasteiger partial charge is 0.352 e. The number of hydrogen-bond donors (Lipinski definition) is 3. The summed E-state index contributed by atoms with van der Waals surface area (Å²) in [5, 5.41) is 9.12. The minimum absolute atomic E-state index is 0. The molecule has 2 aromatic carbocycles. The van der Waals surface area contributed by atoms with E-state index in [1.54, 1.807) is 7.05 Å². The van der Waals surface area contributed by atoms with E-state index < -0.39 is 0 Å². The molecule has 1 amide bonds. The van der Waals surface area contributed by atoms with Gasteiger partial charge in [-0.05, 0) is 36.6 Å². The predicted molar refractivity (Wildman–Crippen MR) is 119 cm³/mol. The van der Waals surface area contributed by atoms with Crippen molar-refractivity contribution in [2.24, 2.45) is 4.99 Å². The Balaban J connectivity index is 0.00000338. The molecule has 0 aliphatic carbocycles. The second kappa shape index (κ2) is 11.5. The molecule has 0 spiro atoms. The highest BCUT2D eigenvalue weighted by Crippen LogP contribution is 2.10. The zero-order valence-electron chi connectivity index (χ0n) is 15.5. The molecule has 6 heteroatoms. The maximum Gasteiger partial charge on any atom is 0.243 e. The van der Waals surface area contributed by atoms with Crippen LogP contribution in [-0.4, -0.2) is 25.5 Å². The van der Waals surface area contributed by atoms with Gasteiger partial charge in [0.1, 0.15) is 0 Å². The molecular weight excluding hydrogens is 439 g/mol. The van der Waals surface area contributed by atoms with E-state index in [0.717, 1.165) is 17.7 Å². The van der Waals surface area contributed by atoms with Crippen LogP contribution in [0, 0.1) is 6.92 Å². The second-order valence-corrected chi connectivity index (χ2v) is 5.87. The van der Waals surface area contributed by atoms with E-state index in [-0.39, 0.29) is 36.4 Å². The molecule has 0 fully saturated rings. The van der Waals surface area contributed by atoms with Crippen LogP contribution in [0.4, 0.5) is 5.69 Å². The number of anilines is 1. The van der Waals surface area contributed by atoms with Crippen LogP contribution in [0.15, 0.2) is 53.5 Å². The molecule has 0 aromatic heterocycles. The summed E-state index contributed by atoms with van der Waals surface area (Å²) in [6.07, 6.45) is 0.942. The lowest BCUT2D eigenvalue weighted by Gasteiger charge is -2.12. The lowest BCUT2D eigenvalue weighted by Crippen LogP contribution is -2.41. The van der Waals surface area contributed by atoms with Crippen molar-refractivity contribution < 1.29 is 4.79 Å². The monoisotopic (exact) mass is 466 g/mol. The number of aryl methyl sites for hydroxylation is 2. The van der Waals surface area contributed by atoms with E-state index in [1.165, 1.54) is 11.1 Å². The van der Waals surface area contributed by atoms with Gasteiger partial charge in [0.05, 0.1) is 6.54 Å². The summed E-state index contributed by atoms with van der Waals surface area (Å²) >= 11 is 0. The van der Waals surface area contributed by atoms with Gasteiger partial charge in [-0.1, -0.05) is 48.9 Å². The molecule has 2 rings (SSSR count). The Morgan fingerprint density at radius 1 is 1.04 bits per heavy atom. The SMILES string of the molecule is CCc1cccc(NC(=O)CNC(=NC)NCc2ccc(C)cc2)c1.I. The third-order valence-electron chi connectivity index (χ3n) is 3.84. The zero-order chi connectivity index (χ0) is 18.1. The van der Waals surface area contributed by atoms with Gasteiger partial charge in [-0.25, -0.2) is 0 Å². The fourth-order valence-corrected chi connectivity index (χ4v) is 2.35. The topological polar surface area (TPSA) is 65.5 Å². The van der Waals surface area contributed by atoms with E-state index in [1.807, 2.05) is 24.3 Å². The molecule has 0 heterocycles. The Bertz CT molecular complexity index is 729. The van der Waals surface area contributed by atoms with Crippen LogP contribution in [0.2, 0.25) is 0 Å². The first-order chi connectivity index (χ1) is 12.1. The number of nitrogens with zero attached hydrogens (tertiary/aromatic N) is 1. The van der Waals surface area contributed by atoms with Crippen LogP contribution in [0.25, 0.3) is 0 Å². The third-order valence-corrected chi connectivity index (χ3v) is 3.84. The van der Waals surface area contributed by atoms with Gasteiger partial charge in [0.25, 0.3) is 0 Å². The number of carbonyl (C=O) groups is 1. The summed E-state index contributed by atoms with van der Waals surface area (Å²) in [5.74, 6) is 0.490. The molecule has 140 valence electrons. The number of amides is 1. The summed E-state index contributed by atoms with van der Waals surface area (Å²) in [4.78, 5) is 16.2. The summed E-state index contributed by atoms with van der Waals surface area (Å²) in [7, 11) is 1.69. The van der Waals surface area contributed by atoms with Crippen LogP contribution in [0.5, 0.6) is 0 Å². The lowest BCUT2D eigenvalue weighted by molar-refractivity contribution is -0.115. The quantitative estimate of drug-likeness (QED) is 0.347. The zero-order valence-corrected chi connectivity index (χ0v) is 17.8. The van der Waals surface area contributed by atoms with Gasteiger partial charge in [-0.3, -0.25) is 9.79 Å². The number of hydrogen-bond acceptors (Lipinski definition) is 2. The van der Waals surface area contributed by atoms with Crippen molar-refractivity contribution >= 4 is 41.5 Å². The lowest BCUT2D eigenvalue weighted by atomic mass is 10.1. The number of rotatable bonds is 6. The molecule has 0 aliphatic heterocycles. The maximum absolute atomic E-state index is 12.1. The minimum Gasteiger partial charge on any atom is -0.352 e. The standard InChI is InChI=1S/C20H26N4O.HI/c1-4-16-6-5-7-18(12-16)24-19(25)14-23-20(21-3)22-13-17-10-8-15(2)9-11-17;/h5-12H,4,13-14H2,1-3H3,(H,24,25)(H2,21,22,23);1H. The van der Waals surface area contributed by atoms with Crippen LogP contribution >= 0.6 is 24.0 Å². The van der Waals surface area contributed by atoms with Gasteiger partial charge in [-0.15, -0.1) is 24.0 Å². The van der Waals surface area contributed by atoms with Crippen molar-refractivity contribution in [3.8, 4) is 0 Å². The van der Waals surface area contributed by atoms with Gasteiger partial charge >= 0.3 is 0 Å². The molecule has 0 unspecified atom stereocenters. The van der Waals surface area contributed by atoms with Crippen LogP contribution in [0.1, 0.15) is 23.6 Å². The number of halogens is 1. The smallest absolute Gasteiger partial charge is 0.243 e. The summed E-state index contributed by atoms with van der Waals surface area (Å²) in [6.45, 7) is 4.96. The first-order valence-corrected chi connectivity index (χ1v) is 8.49. The Labute approximate surface area is 172 Å². The van der Waals surface area contributed by atoms with E-state index in [0.29, 0.717) is 12.5 Å². The molecule has 3 N–H and O–H groups in total. The number of nitrogens with one attached hydrogen (secondary N) is 3. The fourth-order valence-electron chi connectivity index (χ4n) is 2.35. The van der Waals surface area contributed by atoms with E-state index in [4.69, 9.17) is 0 Å². The van der Waals surface area contributed by atoms with Crippen LogP contribution < -0.4 is 16.0 Å². The first kappa shape index (κ1) is 22.0. The van der Waals surface area contributed by atoms with Gasteiger partial charge < -0.3 is 16.0 Å². The van der Waals surface area contributed by atoms with Crippen molar-refractivity contribution in [1.82, 2.24) is 10.6 Å². The van der Waals surface area contributed by atoms with Crippen molar-refractivity contribution in [3.63, 3.8) is 0 Å². The molecule has 5 nitrogen and oxygen atoms in total. The van der Waals surface area contributed by atoms with Gasteiger partial charge in [0.15, 0.2) is 5.96 Å². The van der Waals surface area contributed by atoms with Gasteiger partial charge in [0, 0.05) is 19.3 Å². The van der Waals surface area contributed by atoms with Crippen molar-refractivity contribution in [2.75, 3.05) is 18.9 Å². The van der Waals surface area contributed by atoms with Crippen molar-refractivity contribution in [2.45, 2.75) is 26.8 Å². The number of benzene rings is 2. The van der Waals surface area contributed by atoms with Gasteiger partial charge in [-0.2, -0.15) is 0 Å². The maximum atomic E-state index is 12.1. The molecule has 0 atom stereocenters. The summed E-state index contributed by atoms with van der Waals surface area (Å²) in [5.41, 5.74) is 4.40. The molecule has 0 saturated carbocycles. The first-order valence-electron chi connectivity index (χ1n) is 8.49. The average Bonchev–Trinajstić information content (AvgIpc) is 2.63. The van der Waals surface area contributed by atoms with Crippen molar-refractivity contribution in [1.29, 1.82) is 0 Å². The molecule has 0 bridgehead atoms. The third kappa shape index (κ3) is 7.43. The molecular formula is C20H27IN4O. The van der Waals surface area contributed by atoms with Crippen LogP contribution in [-0.2, 0) is 17.8 Å². The number of carbonyl (C=O) groups excluding carboxylic acids is 1. The van der Waals surface area contributed by atoms with Gasteiger partial charge in [0.2, 0.25) is 5.91 Å². The molecule has 26 heavy (non-hydrogen) atoms. The van der Waals surface area contributed by atoms with E-state index in [2.05, 4.69) is 59.1 Å². The second-order valence-electron chi connectivity index (χ2n) is 5.87. The highest BCUT2D eigenvalue weighted by atomic mass is 127. The summed E-state index contributed by atoms with van der Waals surface area (Å²) in [6, 6.07) is 16.2. The highest BCUT2D eigenvalue weighted by Gasteiger charge is 2.05. The van der Waals surface area contributed by atoms with Crippen LogP contribution in [0.3, 0.4) is 0 Å². The molecule has 0 saturated heterocycles. The normalized spacial score (nSPS) is 10.7. The highest BCUT2D eigenvalue weighted by molar-refractivity contribution is 14.0. The summed E-state index contributed by atoms with van der Waals surface area (Å²) < 4.78 is 0. The Kier molecular flexibility index (Phi) is 9.72. The van der Waals surface area contributed by atoms with E-state index >= 15 is 0 Å². The number of aliphatic imine (C=N–C) groups is 1. The Morgan fingerprint density at radius 2 is 1.77 bits per heavy atom. The van der Waals surface area contributed by atoms with E-state index in [9.17, 15) is 4.79 Å². The number of guanidine groups is 1. The minimum atomic E-state index is -0.105. The Morgan fingerprint density at radius 3 is 2.42 bits per heavy atom. The van der Waals surface area contributed by atoms with Crippen molar-refractivity contribution in [3.05, 3.63) is 65.2 Å². The molecule has 2 aromatic rings. The fraction of sp³-hybridized carbons (Fsp3) is 0.300. The molecule has 0 radical (unpaired) electrons. The molecule has 0 aliphatic rings. The average molecular weight is 466 g/mol. The Hall–Kier alpha value is -2.09. The predicted octanol–water partition coefficient (Wildman–Crippen LogP) is 3.48.